The number of rotatable bonds is 5. The molecule has 1 heterocycles. The van der Waals surface area contributed by atoms with Gasteiger partial charge in [0.15, 0.2) is 0 Å². The van der Waals surface area contributed by atoms with Crippen molar-refractivity contribution in [3.05, 3.63) is 60.2 Å². The van der Waals surface area contributed by atoms with Crippen molar-refractivity contribution in [2.75, 3.05) is 4.90 Å². The summed E-state index contributed by atoms with van der Waals surface area (Å²) in [6.45, 7) is 0. The minimum atomic E-state index is -4.18. The topological polar surface area (TPSA) is 74.8 Å². The van der Waals surface area contributed by atoms with Crippen molar-refractivity contribution in [1.82, 2.24) is 4.31 Å². The number of imide groups is 1. The highest BCUT2D eigenvalue weighted by Gasteiger charge is 2.49. The molecule has 2 aromatic carbocycles. The molecule has 1 aliphatic carbocycles. The second-order valence-electron chi connectivity index (χ2n) is 8.20. The number of halogens is 2. The van der Waals surface area contributed by atoms with Crippen molar-refractivity contribution < 1.29 is 26.8 Å². The van der Waals surface area contributed by atoms with Gasteiger partial charge in [-0.2, -0.15) is 4.31 Å². The van der Waals surface area contributed by atoms with E-state index in [1.54, 1.807) is 0 Å². The Bertz CT molecular complexity index is 1100. The van der Waals surface area contributed by atoms with Crippen LogP contribution in [-0.2, 0) is 19.6 Å². The molecule has 9 heteroatoms. The SMILES string of the molecule is O=C1CC(N(C2CCCCCC2)S(=O)(=O)c2ccc(F)cc2)C(=O)N1c1ccc(F)cc1. The Morgan fingerprint density at radius 2 is 1.34 bits per heavy atom. The molecule has 170 valence electrons. The van der Waals surface area contributed by atoms with E-state index in [-0.39, 0.29) is 17.0 Å². The molecule has 1 atom stereocenters. The third-order valence-corrected chi connectivity index (χ3v) is 8.06. The van der Waals surface area contributed by atoms with E-state index in [0.29, 0.717) is 12.8 Å². The van der Waals surface area contributed by atoms with Gasteiger partial charge in [-0.25, -0.2) is 22.1 Å². The lowest BCUT2D eigenvalue weighted by molar-refractivity contribution is -0.122. The molecule has 1 saturated heterocycles. The zero-order valence-corrected chi connectivity index (χ0v) is 18.2. The van der Waals surface area contributed by atoms with Crippen LogP contribution < -0.4 is 4.90 Å². The van der Waals surface area contributed by atoms with Gasteiger partial charge in [-0.1, -0.05) is 25.7 Å². The Hall–Kier alpha value is -2.65. The first-order chi connectivity index (χ1) is 15.3. The highest BCUT2D eigenvalue weighted by atomic mass is 32.2. The Balaban J connectivity index is 1.74. The van der Waals surface area contributed by atoms with Crippen molar-refractivity contribution in [2.24, 2.45) is 0 Å². The molecule has 2 aromatic rings. The van der Waals surface area contributed by atoms with Crippen molar-refractivity contribution in [3.8, 4) is 0 Å². The molecule has 0 spiro atoms. The molecule has 0 aromatic heterocycles. The van der Waals surface area contributed by atoms with E-state index < -0.39 is 45.6 Å². The highest BCUT2D eigenvalue weighted by Crippen LogP contribution is 2.34. The lowest BCUT2D eigenvalue weighted by Crippen LogP contribution is -2.50. The van der Waals surface area contributed by atoms with E-state index in [9.17, 15) is 26.8 Å². The fourth-order valence-corrected chi connectivity index (χ4v) is 6.36. The molecular formula is C23H24F2N2O4S. The monoisotopic (exact) mass is 462 g/mol. The van der Waals surface area contributed by atoms with Gasteiger partial charge in [0, 0.05) is 6.04 Å². The molecule has 1 aliphatic heterocycles. The van der Waals surface area contributed by atoms with E-state index >= 15 is 0 Å². The van der Waals surface area contributed by atoms with Crippen molar-refractivity contribution in [2.45, 2.75) is 61.9 Å². The number of hydrogen-bond donors (Lipinski definition) is 0. The molecule has 4 rings (SSSR count). The molecule has 0 radical (unpaired) electrons. The zero-order valence-electron chi connectivity index (χ0n) is 17.4. The van der Waals surface area contributed by atoms with Gasteiger partial charge in [0.05, 0.1) is 17.0 Å². The third-order valence-electron chi connectivity index (χ3n) is 6.09. The van der Waals surface area contributed by atoms with Crippen LogP contribution in [0.3, 0.4) is 0 Å². The van der Waals surface area contributed by atoms with Crippen LogP contribution in [0.4, 0.5) is 14.5 Å². The molecule has 2 fully saturated rings. The molecule has 6 nitrogen and oxygen atoms in total. The third kappa shape index (κ3) is 4.31. The Morgan fingerprint density at radius 3 is 1.91 bits per heavy atom. The van der Waals surface area contributed by atoms with E-state index in [2.05, 4.69) is 0 Å². The molecule has 0 N–H and O–H groups in total. The summed E-state index contributed by atoms with van der Waals surface area (Å²) in [4.78, 5) is 26.9. The maximum absolute atomic E-state index is 13.7. The molecule has 32 heavy (non-hydrogen) atoms. The predicted octanol–water partition coefficient (Wildman–Crippen LogP) is 4.01. The summed E-state index contributed by atoms with van der Waals surface area (Å²) >= 11 is 0. The largest absolute Gasteiger partial charge is 0.274 e. The number of nitrogens with zero attached hydrogens (tertiary/aromatic N) is 2. The van der Waals surface area contributed by atoms with Gasteiger partial charge >= 0.3 is 0 Å². The number of amides is 2. The van der Waals surface area contributed by atoms with Crippen molar-refractivity contribution in [1.29, 1.82) is 0 Å². The van der Waals surface area contributed by atoms with Crippen molar-refractivity contribution >= 4 is 27.5 Å². The van der Waals surface area contributed by atoms with E-state index in [1.807, 2.05) is 0 Å². The van der Waals surface area contributed by atoms with Gasteiger partial charge in [-0.3, -0.25) is 9.59 Å². The van der Waals surface area contributed by atoms with E-state index in [1.165, 1.54) is 28.6 Å². The lowest BCUT2D eigenvalue weighted by Gasteiger charge is -2.33. The van der Waals surface area contributed by atoms with Gasteiger partial charge in [-0.05, 0) is 61.4 Å². The smallest absolute Gasteiger partial charge is 0.252 e. The number of benzene rings is 2. The van der Waals surface area contributed by atoms with E-state index in [4.69, 9.17) is 0 Å². The maximum Gasteiger partial charge on any atom is 0.252 e. The highest BCUT2D eigenvalue weighted by molar-refractivity contribution is 7.89. The van der Waals surface area contributed by atoms with Crippen LogP contribution in [0.1, 0.15) is 44.9 Å². The number of sulfonamides is 1. The number of carbonyl (C=O) groups excluding carboxylic acids is 2. The van der Waals surface area contributed by atoms with Crippen LogP contribution in [-0.4, -0.2) is 36.6 Å². The first kappa shape index (κ1) is 22.5. The van der Waals surface area contributed by atoms with Gasteiger partial charge in [-0.15, -0.1) is 0 Å². The molecule has 1 unspecified atom stereocenters. The first-order valence-corrected chi connectivity index (χ1v) is 12.1. The fourth-order valence-electron chi connectivity index (χ4n) is 4.53. The summed E-state index contributed by atoms with van der Waals surface area (Å²) in [5.41, 5.74) is 0.198. The van der Waals surface area contributed by atoms with Crippen LogP contribution in [0.2, 0.25) is 0 Å². The minimum Gasteiger partial charge on any atom is -0.274 e. The second kappa shape index (κ2) is 9.07. The molecule has 1 saturated carbocycles. The second-order valence-corrected chi connectivity index (χ2v) is 10.0. The zero-order chi connectivity index (χ0) is 22.9. The van der Waals surface area contributed by atoms with Gasteiger partial charge < -0.3 is 0 Å². The van der Waals surface area contributed by atoms with Gasteiger partial charge in [0.2, 0.25) is 15.9 Å². The summed E-state index contributed by atoms with van der Waals surface area (Å²) in [7, 11) is -4.18. The Labute approximate surface area is 185 Å². The number of anilines is 1. The normalized spacial score (nSPS) is 20.7. The van der Waals surface area contributed by atoms with Gasteiger partial charge in [0.1, 0.15) is 17.7 Å². The van der Waals surface area contributed by atoms with Crippen LogP contribution in [0, 0.1) is 11.6 Å². The Kier molecular flexibility index (Phi) is 6.39. The molecule has 0 bridgehead atoms. The lowest BCUT2D eigenvalue weighted by atomic mass is 10.1. The van der Waals surface area contributed by atoms with Crippen LogP contribution in [0.25, 0.3) is 0 Å². The summed E-state index contributed by atoms with van der Waals surface area (Å²) in [6.07, 6.45) is 4.44. The standard InChI is InChI=1S/C23H24F2N2O4S/c24-16-7-11-18(12-8-16)26-22(28)15-21(23(26)29)27(19-5-3-1-2-4-6-19)32(30,31)20-13-9-17(25)10-14-20/h7-14,19,21H,1-6,15H2. The quantitative estimate of drug-likeness (QED) is 0.497. The average molecular weight is 463 g/mol. The molecule has 2 amide bonds. The number of hydrogen-bond acceptors (Lipinski definition) is 4. The van der Waals surface area contributed by atoms with E-state index in [0.717, 1.165) is 54.8 Å². The molecule has 2 aliphatic rings. The summed E-state index contributed by atoms with van der Waals surface area (Å²) in [6, 6.07) is 7.74. The maximum atomic E-state index is 13.7. The predicted molar refractivity (Wildman–Crippen MR) is 114 cm³/mol. The van der Waals surface area contributed by atoms with Crippen LogP contribution in [0.5, 0.6) is 0 Å². The summed E-state index contributed by atoms with van der Waals surface area (Å²) in [5, 5.41) is 0. The van der Waals surface area contributed by atoms with Gasteiger partial charge in [0.25, 0.3) is 5.91 Å². The fraction of sp³-hybridized carbons (Fsp3) is 0.391. The van der Waals surface area contributed by atoms with Crippen LogP contribution >= 0.6 is 0 Å². The van der Waals surface area contributed by atoms with Crippen molar-refractivity contribution in [3.63, 3.8) is 0 Å². The number of carbonyl (C=O) groups is 2. The summed E-state index contributed by atoms with van der Waals surface area (Å²) < 4.78 is 55.2. The first-order valence-electron chi connectivity index (χ1n) is 10.7. The van der Waals surface area contributed by atoms with Crippen LogP contribution in [0.15, 0.2) is 53.4 Å². The molecular weight excluding hydrogens is 438 g/mol. The minimum absolute atomic E-state index is 0.122. The average Bonchev–Trinajstić information content (AvgIpc) is 2.93. The Morgan fingerprint density at radius 1 is 0.812 bits per heavy atom. The summed E-state index contributed by atoms with van der Waals surface area (Å²) in [5.74, 6) is -2.28.